The number of fused-ring (bicyclic) bond motifs is 2. The molecule has 0 radical (unpaired) electrons. The normalized spacial score (nSPS) is 24.0. The van der Waals surface area contributed by atoms with Crippen molar-refractivity contribution in [3.63, 3.8) is 0 Å². The molecule has 4 N–H and O–H groups in total. The molecule has 0 unspecified atom stereocenters. The Morgan fingerprint density at radius 2 is 1.71 bits per heavy atom. The second-order valence-corrected chi connectivity index (χ2v) is 10.3. The second kappa shape index (κ2) is 11.3. The van der Waals surface area contributed by atoms with Crippen LogP contribution >= 0.6 is 0 Å². The van der Waals surface area contributed by atoms with Crippen molar-refractivity contribution in [3.05, 3.63) is 69.3 Å². The maximum absolute atomic E-state index is 12.4. The molecular weight excluding hydrogens is 544 g/mol. The Morgan fingerprint density at radius 3 is 2.41 bits per heavy atom. The number of ether oxygens (including phenoxy) is 4. The summed E-state index contributed by atoms with van der Waals surface area (Å²) in [4.78, 5) is 24.2. The van der Waals surface area contributed by atoms with E-state index in [4.69, 9.17) is 32.2 Å². The van der Waals surface area contributed by atoms with Crippen molar-refractivity contribution < 1.29 is 52.6 Å². The Kier molecular flexibility index (Phi) is 7.92. The van der Waals surface area contributed by atoms with Gasteiger partial charge in [0.15, 0.2) is 0 Å². The predicted octanol–water partition coefficient (Wildman–Crippen LogP) is 1.22. The molecule has 1 aliphatic heterocycles. The van der Waals surface area contributed by atoms with Crippen LogP contribution in [0.5, 0.6) is 11.5 Å². The molecule has 0 aliphatic carbocycles. The van der Waals surface area contributed by atoms with E-state index in [0.29, 0.717) is 22.1 Å². The minimum atomic E-state index is -1.67. The molecule has 6 atom stereocenters. The van der Waals surface area contributed by atoms with Gasteiger partial charge in [0.2, 0.25) is 17.5 Å². The molecule has 0 amide bonds. The van der Waals surface area contributed by atoms with Crippen molar-refractivity contribution >= 4 is 21.9 Å². The van der Waals surface area contributed by atoms with Crippen LogP contribution in [0.3, 0.4) is 0 Å². The van der Waals surface area contributed by atoms with Crippen molar-refractivity contribution in [2.24, 2.45) is 0 Å². The zero-order chi connectivity index (χ0) is 29.5. The highest BCUT2D eigenvalue weighted by molar-refractivity contribution is 6.01. The fourth-order valence-corrected chi connectivity index (χ4v) is 4.58. The highest BCUT2D eigenvalue weighted by atomic mass is 16.7. The number of aliphatic hydroxyl groups is 4. The van der Waals surface area contributed by atoms with E-state index in [1.807, 2.05) is 0 Å². The predicted molar refractivity (Wildman–Crippen MR) is 141 cm³/mol. The van der Waals surface area contributed by atoms with E-state index in [1.54, 1.807) is 12.1 Å². The third-order valence-corrected chi connectivity index (χ3v) is 6.86. The van der Waals surface area contributed by atoms with E-state index in [-0.39, 0.29) is 23.7 Å². The first-order valence-corrected chi connectivity index (χ1v) is 12.8. The van der Waals surface area contributed by atoms with Crippen LogP contribution in [0.4, 0.5) is 0 Å². The number of aliphatic hydroxyl groups excluding tert-OH is 3. The maximum Gasteiger partial charge on any atom is 0.336 e. The third kappa shape index (κ3) is 5.73. The molecule has 1 aromatic carbocycles. The van der Waals surface area contributed by atoms with Crippen molar-refractivity contribution in [1.82, 2.24) is 0 Å². The molecule has 1 saturated heterocycles. The number of hydrogen-bond acceptors (Lipinski definition) is 13. The molecule has 41 heavy (non-hydrogen) atoms. The summed E-state index contributed by atoms with van der Waals surface area (Å²) >= 11 is 0. The first kappa shape index (κ1) is 28.8. The fraction of sp³-hybridized carbons (Fsp3) is 0.429. The highest BCUT2D eigenvalue weighted by Gasteiger charge is 2.49. The van der Waals surface area contributed by atoms with Crippen LogP contribution in [0.1, 0.15) is 19.6 Å². The fourth-order valence-electron chi connectivity index (χ4n) is 4.58. The van der Waals surface area contributed by atoms with E-state index in [0.717, 1.165) is 6.07 Å². The van der Waals surface area contributed by atoms with E-state index >= 15 is 0 Å². The van der Waals surface area contributed by atoms with Crippen LogP contribution in [0.2, 0.25) is 0 Å². The molecule has 1 aliphatic rings. The van der Waals surface area contributed by atoms with Gasteiger partial charge in [0.25, 0.3) is 0 Å². The lowest BCUT2D eigenvalue weighted by atomic mass is 9.97. The Labute approximate surface area is 232 Å². The van der Waals surface area contributed by atoms with Crippen LogP contribution in [-0.2, 0) is 9.47 Å². The molecule has 13 heteroatoms. The molecule has 220 valence electrons. The third-order valence-electron chi connectivity index (χ3n) is 6.86. The van der Waals surface area contributed by atoms with Crippen LogP contribution < -0.4 is 20.5 Å². The maximum atomic E-state index is 12.4. The summed E-state index contributed by atoms with van der Waals surface area (Å²) in [6.45, 7) is 3.42. The van der Waals surface area contributed by atoms with Crippen LogP contribution in [0.25, 0.3) is 21.9 Å². The lowest BCUT2D eigenvalue weighted by molar-refractivity contribution is -0.305. The highest BCUT2D eigenvalue weighted by Crippen LogP contribution is 2.36. The van der Waals surface area contributed by atoms with Crippen LogP contribution in [-0.4, -0.2) is 76.1 Å². The Bertz CT molecular complexity index is 1630. The summed E-state index contributed by atoms with van der Waals surface area (Å²) in [5, 5.41) is 43.3. The monoisotopic (exact) mass is 574 g/mol. The van der Waals surface area contributed by atoms with Crippen molar-refractivity contribution in [3.8, 4) is 11.5 Å². The number of hydrogen-bond donors (Lipinski definition) is 4. The number of furan rings is 1. The molecule has 13 nitrogen and oxygen atoms in total. The minimum Gasteiger partial charge on any atom is -0.489 e. The molecule has 1 fully saturated rings. The standard InChI is InChI=1S/C28H30O13/c1-13-24(16(30)7-9-35-13)41-27-26(23(33)22(32)19(11-29)39-27)40-20(28(2,3)34)12-37-25-14-4-5-21(31)38-18(14)10-17-15(25)6-8-36-17/h4-10,19-20,22-23,26-27,29,32-34H,11-12H2,1-3H3/t19-,20+,22-,23+,26-,27+/m1/s1. The average Bonchev–Trinajstić information content (AvgIpc) is 3.38. The lowest BCUT2D eigenvalue weighted by Crippen LogP contribution is -2.63. The number of aryl methyl sites for hydroxylation is 1. The van der Waals surface area contributed by atoms with E-state index < -0.39 is 60.1 Å². The topological polar surface area (TPSA) is 191 Å². The van der Waals surface area contributed by atoms with Gasteiger partial charge in [-0.15, -0.1) is 0 Å². The minimum absolute atomic E-state index is 0.120. The largest absolute Gasteiger partial charge is 0.489 e. The quantitative estimate of drug-likeness (QED) is 0.209. The summed E-state index contributed by atoms with van der Waals surface area (Å²) < 4.78 is 39.6. The van der Waals surface area contributed by atoms with Gasteiger partial charge < -0.3 is 52.6 Å². The van der Waals surface area contributed by atoms with E-state index in [1.165, 1.54) is 45.4 Å². The van der Waals surface area contributed by atoms with Gasteiger partial charge in [-0.1, -0.05) is 0 Å². The zero-order valence-electron chi connectivity index (χ0n) is 22.4. The lowest BCUT2D eigenvalue weighted by Gasteiger charge is -2.44. The summed E-state index contributed by atoms with van der Waals surface area (Å²) in [5.74, 6) is 0.191. The van der Waals surface area contributed by atoms with E-state index in [9.17, 15) is 30.0 Å². The van der Waals surface area contributed by atoms with Gasteiger partial charge in [0.05, 0.1) is 35.5 Å². The van der Waals surface area contributed by atoms with Gasteiger partial charge in [0, 0.05) is 18.2 Å². The number of rotatable bonds is 9. The molecule has 4 aromatic rings. The summed E-state index contributed by atoms with van der Waals surface area (Å²) in [5.41, 5.74) is -2.08. The smallest absolute Gasteiger partial charge is 0.336 e. The Morgan fingerprint density at radius 1 is 0.976 bits per heavy atom. The Balaban J connectivity index is 1.46. The van der Waals surface area contributed by atoms with Crippen molar-refractivity contribution in [2.75, 3.05) is 13.2 Å². The van der Waals surface area contributed by atoms with Gasteiger partial charge in [-0.2, -0.15) is 0 Å². The summed E-state index contributed by atoms with van der Waals surface area (Å²) in [7, 11) is 0. The van der Waals surface area contributed by atoms with Crippen LogP contribution in [0.15, 0.2) is 65.7 Å². The molecule has 3 aromatic heterocycles. The molecule has 0 spiro atoms. The summed E-state index contributed by atoms with van der Waals surface area (Å²) in [6, 6.07) is 7.12. The molecular formula is C28H30O13. The van der Waals surface area contributed by atoms with Gasteiger partial charge in [-0.05, 0) is 32.9 Å². The molecule has 4 heterocycles. The molecule has 5 rings (SSSR count). The number of benzene rings is 1. The van der Waals surface area contributed by atoms with Crippen molar-refractivity contribution in [2.45, 2.75) is 63.2 Å². The first-order valence-electron chi connectivity index (χ1n) is 12.8. The van der Waals surface area contributed by atoms with Crippen LogP contribution in [0, 0.1) is 6.92 Å². The van der Waals surface area contributed by atoms with Crippen molar-refractivity contribution in [1.29, 1.82) is 0 Å². The zero-order valence-corrected chi connectivity index (χ0v) is 22.4. The summed E-state index contributed by atoms with van der Waals surface area (Å²) in [6.07, 6.45) is -6.05. The first-order chi connectivity index (χ1) is 19.5. The SMILES string of the molecule is Cc1occc(=O)c1O[C@@H]1O[C@H](CO)[C@@H](O)[C@H](O)[C@H]1O[C@@H](COc1c2ccoc2cc2oc(=O)ccc12)C(C)(C)O. The Hall–Kier alpha value is -3.72. The van der Waals surface area contributed by atoms with Gasteiger partial charge in [-0.3, -0.25) is 4.79 Å². The average molecular weight is 575 g/mol. The molecule has 0 bridgehead atoms. The second-order valence-electron chi connectivity index (χ2n) is 10.3. The van der Waals surface area contributed by atoms with Gasteiger partial charge in [-0.25, -0.2) is 4.79 Å². The van der Waals surface area contributed by atoms with Gasteiger partial charge in [0.1, 0.15) is 59.8 Å². The molecule has 0 saturated carbocycles. The van der Waals surface area contributed by atoms with Gasteiger partial charge >= 0.3 is 5.63 Å². The van der Waals surface area contributed by atoms with E-state index in [2.05, 4.69) is 0 Å².